The third-order valence-corrected chi connectivity index (χ3v) is 4.01. The first-order chi connectivity index (χ1) is 9.11. The van der Waals surface area contributed by atoms with Crippen LogP contribution in [0.3, 0.4) is 0 Å². The van der Waals surface area contributed by atoms with E-state index >= 15 is 0 Å². The molecule has 0 fully saturated rings. The number of aliphatic hydroxyl groups is 1. The summed E-state index contributed by atoms with van der Waals surface area (Å²) < 4.78 is 14.7. The van der Waals surface area contributed by atoms with Crippen molar-refractivity contribution in [2.45, 2.75) is 24.5 Å². The lowest BCUT2D eigenvalue weighted by Gasteiger charge is -2.12. The molecule has 19 heavy (non-hydrogen) atoms. The van der Waals surface area contributed by atoms with Gasteiger partial charge in [-0.15, -0.1) is 11.8 Å². The summed E-state index contributed by atoms with van der Waals surface area (Å²) >= 11 is 7.39. The molecule has 0 aliphatic carbocycles. The number of benzene rings is 1. The van der Waals surface area contributed by atoms with Gasteiger partial charge < -0.3 is 5.11 Å². The minimum Gasteiger partial charge on any atom is -0.386 e. The Morgan fingerprint density at radius 3 is 3.00 bits per heavy atom. The molecule has 102 valence electrons. The number of hydrogen-bond acceptors (Lipinski definition) is 3. The molecule has 0 spiro atoms. The predicted octanol–water partition coefficient (Wildman–Crippen LogP) is 3.52. The van der Waals surface area contributed by atoms with Gasteiger partial charge in [0.1, 0.15) is 11.9 Å². The van der Waals surface area contributed by atoms with E-state index in [1.807, 2.05) is 6.92 Å². The fraction of sp³-hybridized carbons (Fsp3) is 0.308. The number of aliphatic hydroxyl groups excluding tert-OH is 1. The quantitative estimate of drug-likeness (QED) is 0.859. The monoisotopic (exact) mass is 300 g/mol. The van der Waals surface area contributed by atoms with Crippen molar-refractivity contribution in [1.29, 1.82) is 0 Å². The minimum atomic E-state index is -0.733. The van der Waals surface area contributed by atoms with E-state index < -0.39 is 6.10 Å². The van der Waals surface area contributed by atoms with E-state index in [9.17, 15) is 9.50 Å². The largest absolute Gasteiger partial charge is 0.386 e. The van der Waals surface area contributed by atoms with Crippen LogP contribution in [0.2, 0.25) is 5.02 Å². The van der Waals surface area contributed by atoms with E-state index in [-0.39, 0.29) is 5.82 Å². The molecule has 0 aliphatic rings. The summed E-state index contributed by atoms with van der Waals surface area (Å²) in [6.45, 7) is 2.57. The number of hydrogen-bond donors (Lipinski definition) is 1. The molecule has 0 aliphatic heterocycles. The second-order valence-corrected chi connectivity index (χ2v) is 5.48. The van der Waals surface area contributed by atoms with Crippen LogP contribution in [-0.2, 0) is 6.54 Å². The molecule has 0 saturated heterocycles. The zero-order valence-corrected chi connectivity index (χ0v) is 12.0. The molecule has 2 rings (SSSR count). The standard InChI is InChI=1S/C13H14ClFN2OS/c1-2-17-13(11(14)7-16-17)12(18)8-19-10-5-3-4-9(15)6-10/h3-7,12,18H,2,8H2,1H3. The summed E-state index contributed by atoms with van der Waals surface area (Å²) in [5.74, 6) is 0.116. The van der Waals surface area contributed by atoms with Crippen molar-refractivity contribution in [2.75, 3.05) is 5.75 Å². The van der Waals surface area contributed by atoms with Crippen molar-refractivity contribution in [2.24, 2.45) is 0 Å². The molecule has 1 aromatic heterocycles. The van der Waals surface area contributed by atoms with E-state index in [0.29, 0.717) is 23.0 Å². The Kier molecular flexibility index (Phi) is 4.85. The van der Waals surface area contributed by atoms with Crippen LogP contribution in [0.4, 0.5) is 4.39 Å². The Morgan fingerprint density at radius 1 is 1.53 bits per heavy atom. The van der Waals surface area contributed by atoms with Gasteiger partial charge in [0.2, 0.25) is 0 Å². The lowest BCUT2D eigenvalue weighted by atomic mass is 10.3. The summed E-state index contributed by atoms with van der Waals surface area (Å²) in [7, 11) is 0. The van der Waals surface area contributed by atoms with Crippen LogP contribution in [0.25, 0.3) is 0 Å². The van der Waals surface area contributed by atoms with Crippen molar-refractivity contribution in [3.8, 4) is 0 Å². The number of nitrogens with zero attached hydrogens (tertiary/aromatic N) is 2. The fourth-order valence-electron chi connectivity index (χ4n) is 1.77. The average Bonchev–Trinajstić information content (AvgIpc) is 2.77. The topological polar surface area (TPSA) is 38.0 Å². The van der Waals surface area contributed by atoms with Crippen molar-refractivity contribution in [3.63, 3.8) is 0 Å². The number of halogens is 2. The van der Waals surface area contributed by atoms with E-state index in [0.717, 1.165) is 4.90 Å². The molecule has 0 amide bonds. The van der Waals surface area contributed by atoms with Gasteiger partial charge in [-0.3, -0.25) is 4.68 Å². The van der Waals surface area contributed by atoms with Crippen molar-refractivity contribution < 1.29 is 9.50 Å². The smallest absolute Gasteiger partial charge is 0.124 e. The van der Waals surface area contributed by atoms with Crippen LogP contribution >= 0.6 is 23.4 Å². The highest BCUT2D eigenvalue weighted by Gasteiger charge is 2.17. The molecule has 1 atom stereocenters. The van der Waals surface area contributed by atoms with Crippen molar-refractivity contribution >= 4 is 23.4 Å². The molecule has 0 bridgehead atoms. The maximum Gasteiger partial charge on any atom is 0.124 e. The fourth-order valence-corrected chi connectivity index (χ4v) is 2.91. The summed E-state index contributed by atoms with van der Waals surface area (Å²) in [5.41, 5.74) is 0.605. The molecule has 6 heteroatoms. The number of rotatable bonds is 5. The average molecular weight is 301 g/mol. The third kappa shape index (κ3) is 3.49. The molecule has 3 nitrogen and oxygen atoms in total. The maximum atomic E-state index is 13.0. The Hall–Kier alpha value is -1.04. The molecule has 0 saturated carbocycles. The number of aromatic nitrogens is 2. The van der Waals surface area contributed by atoms with E-state index in [1.165, 1.54) is 30.1 Å². The summed E-state index contributed by atoms with van der Waals surface area (Å²) in [6.07, 6.45) is 0.791. The third-order valence-electron chi connectivity index (χ3n) is 2.65. The van der Waals surface area contributed by atoms with Gasteiger partial charge in [0.05, 0.1) is 16.9 Å². The van der Waals surface area contributed by atoms with Crippen LogP contribution in [0.5, 0.6) is 0 Å². The Labute approximate surface area is 120 Å². The highest BCUT2D eigenvalue weighted by molar-refractivity contribution is 7.99. The minimum absolute atomic E-state index is 0.281. The van der Waals surface area contributed by atoms with Crippen LogP contribution in [0.1, 0.15) is 18.7 Å². The number of thioether (sulfide) groups is 1. The first kappa shape index (κ1) is 14.4. The van der Waals surface area contributed by atoms with E-state index in [2.05, 4.69) is 5.10 Å². The Morgan fingerprint density at radius 2 is 2.32 bits per heavy atom. The zero-order valence-electron chi connectivity index (χ0n) is 10.4. The normalized spacial score (nSPS) is 12.6. The van der Waals surface area contributed by atoms with Crippen molar-refractivity contribution in [1.82, 2.24) is 9.78 Å². The highest BCUT2D eigenvalue weighted by Crippen LogP contribution is 2.28. The maximum absolute atomic E-state index is 13.0. The van der Waals surface area contributed by atoms with Gasteiger partial charge >= 0.3 is 0 Å². The van der Waals surface area contributed by atoms with Crippen molar-refractivity contribution in [3.05, 3.63) is 47.0 Å². The van der Waals surface area contributed by atoms with E-state index in [1.54, 1.807) is 16.8 Å². The zero-order chi connectivity index (χ0) is 13.8. The molecule has 1 aromatic carbocycles. The molecule has 2 aromatic rings. The van der Waals surface area contributed by atoms with E-state index in [4.69, 9.17) is 11.6 Å². The molecule has 1 N–H and O–H groups in total. The summed E-state index contributed by atoms with van der Waals surface area (Å²) in [4.78, 5) is 0.776. The molecule has 1 unspecified atom stereocenters. The van der Waals surface area contributed by atoms with Crippen LogP contribution in [0, 0.1) is 5.82 Å². The second-order valence-electron chi connectivity index (χ2n) is 3.98. The Bertz CT molecular complexity index is 561. The first-order valence-corrected chi connectivity index (χ1v) is 7.25. The van der Waals surface area contributed by atoms with Gasteiger partial charge in [-0.05, 0) is 25.1 Å². The summed E-state index contributed by atoms with van der Waals surface area (Å²) in [5, 5.41) is 14.7. The second kappa shape index (κ2) is 6.41. The number of aryl methyl sites for hydroxylation is 1. The van der Waals surface area contributed by atoms with Gasteiger partial charge in [0, 0.05) is 17.2 Å². The van der Waals surface area contributed by atoms with Gasteiger partial charge in [0.25, 0.3) is 0 Å². The van der Waals surface area contributed by atoms with Crippen LogP contribution in [0.15, 0.2) is 35.4 Å². The highest BCUT2D eigenvalue weighted by atomic mass is 35.5. The van der Waals surface area contributed by atoms with Gasteiger partial charge in [0.15, 0.2) is 0 Å². The van der Waals surface area contributed by atoms with Gasteiger partial charge in [-0.25, -0.2) is 4.39 Å². The summed E-state index contributed by atoms with van der Waals surface area (Å²) in [6, 6.07) is 6.28. The lowest BCUT2D eigenvalue weighted by molar-refractivity contribution is 0.192. The predicted molar refractivity (Wildman–Crippen MR) is 75.0 cm³/mol. The van der Waals surface area contributed by atoms with Gasteiger partial charge in [-0.2, -0.15) is 5.10 Å². The molecular formula is C13H14ClFN2OS. The molecule has 0 radical (unpaired) electrons. The SMILES string of the molecule is CCn1ncc(Cl)c1C(O)CSc1cccc(F)c1. The molecular weight excluding hydrogens is 287 g/mol. The first-order valence-electron chi connectivity index (χ1n) is 5.89. The van der Waals surface area contributed by atoms with Crippen LogP contribution in [-0.4, -0.2) is 20.6 Å². The Balaban J connectivity index is 2.05. The lowest BCUT2D eigenvalue weighted by Crippen LogP contribution is -2.10. The van der Waals surface area contributed by atoms with Gasteiger partial charge in [-0.1, -0.05) is 17.7 Å². The van der Waals surface area contributed by atoms with Crippen LogP contribution < -0.4 is 0 Å². The molecule has 1 heterocycles.